The summed E-state index contributed by atoms with van der Waals surface area (Å²) < 4.78 is 6.62. The number of carbonyl (C=O) groups excluding carboxylic acids is 1. The van der Waals surface area contributed by atoms with Gasteiger partial charge in [-0.1, -0.05) is 15.9 Å². The Morgan fingerprint density at radius 2 is 2.17 bits per heavy atom. The first-order valence-corrected chi connectivity index (χ1v) is 6.92. The number of amides is 1. The number of hydrogen-bond donors (Lipinski definition) is 2. The van der Waals surface area contributed by atoms with Gasteiger partial charge in [-0.05, 0) is 30.7 Å². The lowest BCUT2D eigenvalue weighted by molar-refractivity contribution is -0.119. The molecular formula is C13H17BrN2O2. The summed E-state index contributed by atoms with van der Waals surface area (Å²) in [5, 5.41) is 6.20. The summed E-state index contributed by atoms with van der Waals surface area (Å²) >= 11 is 3.38. The van der Waals surface area contributed by atoms with Crippen LogP contribution in [0.4, 0.5) is 0 Å². The van der Waals surface area contributed by atoms with Crippen LogP contribution < -0.4 is 15.4 Å². The van der Waals surface area contributed by atoms with E-state index in [1.807, 2.05) is 24.3 Å². The van der Waals surface area contributed by atoms with Crippen molar-refractivity contribution in [3.8, 4) is 5.75 Å². The van der Waals surface area contributed by atoms with Crippen molar-refractivity contribution in [3.05, 3.63) is 28.7 Å². The largest absolute Gasteiger partial charge is 0.492 e. The Morgan fingerprint density at radius 1 is 1.39 bits per heavy atom. The highest BCUT2D eigenvalue weighted by Crippen LogP contribution is 2.15. The fourth-order valence-electron chi connectivity index (χ4n) is 1.88. The van der Waals surface area contributed by atoms with E-state index in [0.717, 1.165) is 29.7 Å². The number of nitrogens with one attached hydrogen (secondary N) is 2. The van der Waals surface area contributed by atoms with E-state index in [2.05, 4.69) is 26.6 Å². The van der Waals surface area contributed by atoms with Crippen LogP contribution in [0.5, 0.6) is 5.75 Å². The standard InChI is InChI=1S/C13H17BrN2O2/c14-10-1-4-12(5-2-10)18-8-7-15-9-11-3-6-13(17)16-11/h1-2,4-5,11,15H,3,6-9H2,(H,16,17). The van der Waals surface area contributed by atoms with Gasteiger partial charge in [0.1, 0.15) is 12.4 Å². The molecule has 1 aromatic rings. The zero-order chi connectivity index (χ0) is 12.8. The third-order valence-corrected chi connectivity index (χ3v) is 3.37. The van der Waals surface area contributed by atoms with E-state index in [9.17, 15) is 4.79 Å². The minimum absolute atomic E-state index is 0.160. The highest BCUT2D eigenvalue weighted by molar-refractivity contribution is 9.10. The summed E-state index contributed by atoms with van der Waals surface area (Å²) in [5.41, 5.74) is 0. The van der Waals surface area contributed by atoms with Gasteiger partial charge in [-0.25, -0.2) is 0 Å². The number of hydrogen-bond acceptors (Lipinski definition) is 3. The van der Waals surface area contributed by atoms with Gasteiger partial charge >= 0.3 is 0 Å². The van der Waals surface area contributed by atoms with Gasteiger partial charge in [0.2, 0.25) is 5.91 Å². The van der Waals surface area contributed by atoms with Crippen LogP contribution in [0.3, 0.4) is 0 Å². The third kappa shape index (κ3) is 4.31. The van der Waals surface area contributed by atoms with Crippen molar-refractivity contribution in [2.24, 2.45) is 0 Å². The maximum Gasteiger partial charge on any atom is 0.220 e. The van der Waals surface area contributed by atoms with Crippen LogP contribution in [0.1, 0.15) is 12.8 Å². The molecule has 1 aliphatic heterocycles. The van der Waals surface area contributed by atoms with Crippen molar-refractivity contribution in [3.63, 3.8) is 0 Å². The smallest absolute Gasteiger partial charge is 0.220 e. The molecule has 18 heavy (non-hydrogen) atoms. The van der Waals surface area contributed by atoms with E-state index < -0.39 is 0 Å². The summed E-state index contributed by atoms with van der Waals surface area (Å²) in [6.45, 7) is 2.22. The molecule has 1 unspecified atom stereocenters. The highest BCUT2D eigenvalue weighted by atomic mass is 79.9. The monoisotopic (exact) mass is 312 g/mol. The first-order chi connectivity index (χ1) is 8.74. The van der Waals surface area contributed by atoms with E-state index in [1.54, 1.807) is 0 Å². The number of ether oxygens (including phenoxy) is 1. The highest BCUT2D eigenvalue weighted by Gasteiger charge is 2.19. The molecule has 1 atom stereocenters. The van der Waals surface area contributed by atoms with Crippen LogP contribution in [0.15, 0.2) is 28.7 Å². The van der Waals surface area contributed by atoms with Gasteiger partial charge in [0.15, 0.2) is 0 Å². The lowest BCUT2D eigenvalue weighted by Gasteiger charge is -2.11. The maximum absolute atomic E-state index is 11.0. The molecule has 1 aliphatic rings. The Bertz CT molecular complexity index is 394. The molecule has 0 aliphatic carbocycles. The molecule has 98 valence electrons. The van der Waals surface area contributed by atoms with E-state index >= 15 is 0 Å². The van der Waals surface area contributed by atoms with Gasteiger partial charge in [-0.15, -0.1) is 0 Å². The maximum atomic E-state index is 11.0. The van der Waals surface area contributed by atoms with Gasteiger partial charge in [-0.2, -0.15) is 0 Å². The molecule has 0 spiro atoms. The topological polar surface area (TPSA) is 50.4 Å². The average molecular weight is 313 g/mol. The van der Waals surface area contributed by atoms with Gasteiger partial charge in [0.25, 0.3) is 0 Å². The fourth-order valence-corrected chi connectivity index (χ4v) is 2.14. The number of carbonyl (C=O) groups is 1. The van der Waals surface area contributed by atoms with Gasteiger partial charge in [0, 0.05) is 30.0 Å². The molecule has 2 N–H and O–H groups in total. The van der Waals surface area contributed by atoms with Crippen LogP contribution in [0.2, 0.25) is 0 Å². The Morgan fingerprint density at radius 3 is 2.83 bits per heavy atom. The fraction of sp³-hybridized carbons (Fsp3) is 0.462. The first kappa shape index (κ1) is 13.4. The van der Waals surface area contributed by atoms with Crippen molar-refractivity contribution >= 4 is 21.8 Å². The van der Waals surface area contributed by atoms with E-state index in [4.69, 9.17) is 4.74 Å². The molecule has 0 bridgehead atoms. The number of halogens is 1. The Kier molecular flexibility index (Phi) is 5.01. The van der Waals surface area contributed by atoms with Gasteiger partial charge < -0.3 is 15.4 Å². The van der Waals surface area contributed by atoms with E-state index in [1.165, 1.54) is 0 Å². The number of benzene rings is 1. The summed E-state index contributed by atoms with van der Waals surface area (Å²) in [6, 6.07) is 8.06. The van der Waals surface area contributed by atoms with Crippen molar-refractivity contribution in [1.82, 2.24) is 10.6 Å². The van der Waals surface area contributed by atoms with E-state index in [-0.39, 0.29) is 11.9 Å². The third-order valence-electron chi connectivity index (χ3n) is 2.84. The molecule has 0 aromatic heterocycles. The lowest BCUT2D eigenvalue weighted by atomic mass is 10.2. The van der Waals surface area contributed by atoms with Crippen LogP contribution in [0.25, 0.3) is 0 Å². The van der Waals surface area contributed by atoms with Crippen molar-refractivity contribution in [1.29, 1.82) is 0 Å². The molecule has 4 nitrogen and oxygen atoms in total. The van der Waals surface area contributed by atoms with Crippen LogP contribution in [0, 0.1) is 0 Å². The summed E-state index contributed by atoms with van der Waals surface area (Å²) in [7, 11) is 0. The molecule has 5 heteroatoms. The normalized spacial score (nSPS) is 18.7. The average Bonchev–Trinajstić information content (AvgIpc) is 2.77. The molecule has 1 heterocycles. The minimum atomic E-state index is 0.160. The Labute approximate surface area is 115 Å². The van der Waals surface area contributed by atoms with Crippen LogP contribution >= 0.6 is 15.9 Å². The van der Waals surface area contributed by atoms with E-state index in [0.29, 0.717) is 13.0 Å². The predicted octanol–water partition coefficient (Wildman–Crippen LogP) is 1.70. The molecular weight excluding hydrogens is 296 g/mol. The molecule has 1 aromatic carbocycles. The quantitative estimate of drug-likeness (QED) is 0.786. The summed E-state index contributed by atoms with van der Waals surface area (Å²) in [6.07, 6.45) is 1.58. The second-order valence-electron chi connectivity index (χ2n) is 4.31. The SMILES string of the molecule is O=C1CCC(CNCCOc2ccc(Br)cc2)N1. The second kappa shape index (κ2) is 6.75. The first-order valence-electron chi connectivity index (χ1n) is 6.12. The zero-order valence-electron chi connectivity index (χ0n) is 10.1. The molecule has 1 fully saturated rings. The summed E-state index contributed by atoms with van der Waals surface area (Å²) in [5.74, 6) is 1.03. The van der Waals surface area contributed by atoms with Gasteiger partial charge in [-0.3, -0.25) is 4.79 Å². The molecule has 0 radical (unpaired) electrons. The van der Waals surface area contributed by atoms with Crippen molar-refractivity contribution in [2.75, 3.05) is 19.7 Å². The molecule has 0 saturated carbocycles. The van der Waals surface area contributed by atoms with Crippen LogP contribution in [-0.2, 0) is 4.79 Å². The summed E-state index contributed by atoms with van der Waals surface area (Å²) in [4.78, 5) is 11.0. The zero-order valence-corrected chi connectivity index (χ0v) is 11.7. The number of rotatable bonds is 6. The molecule has 1 saturated heterocycles. The Balaban J connectivity index is 1.56. The van der Waals surface area contributed by atoms with Gasteiger partial charge in [0.05, 0.1) is 0 Å². The van der Waals surface area contributed by atoms with Crippen LogP contribution in [-0.4, -0.2) is 31.6 Å². The molecule has 1 amide bonds. The second-order valence-corrected chi connectivity index (χ2v) is 5.23. The predicted molar refractivity (Wildman–Crippen MR) is 73.7 cm³/mol. The Hall–Kier alpha value is -1.07. The molecule has 2 rings (SSSR count). The minimum Gasteiger partial charge on any atom is -0.492 e. The van der Waals surface area contributed by atoms with Crippen molar-refractivity contribution < 1.29 is 9.53 Å². The van der Waals surface area contributed by atoms with Crippen molar-refractivity contribution in [2.45, 2.75) is 18.9 Å². The lowest BCUT2D eigenvalue weighted by Crippen LogP contribution is -2.37.